The van der Waals surface area contributed by atoms with Crippen molar-refractivity contribution in [3.8, 4) is 5.75 Å². The van der Waals surface area contributed by atoms with E-state index in [4.69, 9.17) is 16.3 Å². The third-order valence-corrected chi connectivity index (χ3v) is 6.50. The number of likely N-dealkylation sites (tertiary alicyclic amines) is 1. The van der Waals surface area contributed by atoms with Crippen LogP contribution >= 0.6 is 11.6 Å². The molecule has 2 aliphatic rings. The zero-order valence-electron chi connectivity index (χ0n) is 17.2. The first-order valence-corrected chi connectivity index (χ1v) is 10.9. The molecule has 1 atom stereocenters. The summed E-state index contributed by atoms with van der Waals surface area (Å²) in [6, 6.07) is 10.8. The second-order valence-electron chi connectivity index (χ2n) is 8.78. The van der Waals surface area contributed by atoms with Gasteiger partial charge in [-0.25, -0.2) is 4.39 Å². The summed E-state index contributed by atoms with van der Waals surface area (Å²) in [6.07, 6.45) is 3.38. The van der Waals surface area contributed by atoms with Crippen molar-refractivity contribution in [2.75, 3.05) is 19.7 Å². The Balaban J connectivity index is 1.40. The zero-order chi connectivity index (χ0) is 21.3. The lowest BCUT2D eigenvalue weighted by Gasteiger charge is -2.31. The Morgan fingerprint density at radius 1 is 1.23 bits per heavy atom. The van der Waals surface area contributed by atoms with Crippen LogP contribution in [0.3, 0.4) is 0 Å². The minimum Gasteiger partial charge on any atom is -0.487 e. The summed E-state index contributed by atoms with van der Waals surface area (Å²) in [5, 5.41) is 9.38. The van der Waals surface area contributed by atoms with E-state index in [1.807, 2.05) is 30.0 Å². The number of nitrogens with zero attached hydrogens (tertiary/aromatic N) is 1. The third-order valence-electron chi connectivity index (χ3n) is 6.19. The van der Waals surface area contributed by atoms with E-state index in [1.165, 1.54) is 6.07 Å². The Bertz CT molecular complexity index is 942. The van der Waals surface area contributed by atoms with Crippen molar-refractivity contribution in [1.29, 1.82) is 0 Å². The number of piperidine rings is 1. The molecule has 2 aromatic rings. The first kappa shape index (κ1) is 21.1. The zero-order valence-corrected chi connectivity index (χ0v) is 17.9. The topological polar surface area (TPSA) is 49.8 Å². The van der Waals surface area contributed by atoms with Crippen LogP contribution in [0, 0.1) is 11.7 Å². The Hall–Kier alpha value is -2.11. The van der Waals surface area contributed by atoms with E-state index < -0.39 is 11.4 Å². The Kier molecular flexibility index (Phi) is 6.03. The lowest BCUT2D eigenvalue weighted by atomic mass is 9.91. The second-order valence-corrected chi connectivity index (χ2v) is 9.19. The molecule has 0 aromatic heterocycles. The number of rotatable bonds is 5. The van der Waals surface area contributed by atoms with Crippen LogP contribution in [0.4, 0.5) is 4.39 Å². The molecule has 0 aliphatic carbocycles. The maximum atomic E-state index is 13.8. The SMILES string of the molecule is C[C@]1(Cc2ccc(Cl)c(F)c2)Cc2cc(CC(=O)N3CCC(CO)CC3)ccc2O1. The van der Waals surface area contributed by atoms with E-state index in [0.29, 0.717) is 38.3 Å². The molecule has 1 saturated heterocycles. The number of halogens is 2. The first-order valence-electron chi connectivity index (χ1n) is 10.5. The molecular formula is C24H27ClFNO3. The maximum absolute atomic E-state index is 13.8. The quantitative estimate of drug-likeness (QED) is 0.772. The average molecular weight is 432 g/mol. The number of ether oxygens (including phenoxy) is 1. The van der Waals surface area contributed by atoms with Crippen LogP contribution in [0.25, 0.3) is 0 Å². The summed E-state index contributed by atoms with van der Waals surface area (Å²) >= 11 is 5.79. The molecule has 4 nitrogen and oxygen atoms in total. The van der Waals surface area contributed by atoms with Crippen LogP contribution in [0.5, 0.6) is 5.75 Å². The summed E-state index contributed by atoms with van der Waals surface area (Å²) in [6.45, 7) is 3.66. The number of carbonyl (C=O) groups excluding carboxylic acids is 1. The predicted molar refractivity (Wildman–Crippen MR) is 114 cm³/mol. The Morgan fingerprint density at radius 2 is 1.97 bits per heavy atom. The number of benzene rings is 2. The molecule has 1 N–H and O–H groups in total. The highest BCUT2D eigenvalue weighted by Crippen LogP contribution is 2.38. The van der Waals surface area contributed by atoms with Gasteiger partial charge in [0.1, 0.15) is 17.2 Å². The van der Waals surface area contributed by atoms with Crippen LogP contribution in [0.1, 0.15) is 36.5 Å². The van der Waals surface area contributed by atoms with Crippen molar-refractivity contribution in [3.63, 3.8) is 0 Å². The van der Waals surface area contributed by atoms with Gasteiger partial charge in [0.15, 0.2) is 0 Å². The summed E-state index contributed by atoms with van der Waals surface area (Å²) < 4.78 is 20.0. The molecule has 2 aliphatic heterocycles. The molecule has 30 heavy (non-hydrogen) atoms. The molecule has 1 amide bonds. The van der Waals surface area contributed by atoms with E-state index in [9.17, 15) is 14.3 Å². The highest BCUT2D eigenvalue weighted by Gasteiger charge is 2.35. The number of amides is 1. The van der Waals surface area contributed by atoms with Gasteiger partial charge in [-0.3, -0.25) is 4.79 Å². The predicted octanol–water partition coefficient (Wildman–Crippen LogP) is 4.19. The summed E-state index contributed by atoms with van der Waals surface area (Å²) in [5.74, 6) is 0.853. The van der Waals surface area contributed by atoms with Crippen LogP contribution in [-0.4, -0.2) is 41.2 Å². The van der Waals surface area contributed by atoms with Gasteiger partial charge in [0, 0.05) is 32.5 Å². The van der Waals surface area contributed by atoms with E-state index >= 15 is 0 Å². The minimum absolute atomic E-state index is 0.120. The smallest absolute Gasteiger partial charge is 0.226 e. The van der Waals surface area contributed by atoms with Crippen molar-refractivity contribution < 1.29 is 19.0 Å². The van der Waals surface area contributed by atoms with Crippen LogP contribution in [-0.2, 0) is 24.1 Å². The highest BCUT2D eigenvalue weighted by atomic mass is 35.5. The number of hydrogen-bond donors (Lipinski definition) is 1. The number of carbonyl (C=O) groups is 1. The average Bonchev–Trinajstić information content (AvgIpc) is 3.05. The van der Waals surface area contributed by atoms with Crippen LogP contribution in [0.15, 0.2) is 36.4 Å². The van der Waals surface area contributed by atoms with Crippen molar-refractivity contribution in [2.24, 2.45) is 5.92 Å². The largest absolute Gasteiger partial charge is 0.487 e. The Labute approximate surface area is 181 Å². The molecule has 1 fully saturated rings. The molecule has 160 valence electrons. The van der Waals surface area contributed by atoms with Gasteiger partial charge in [0.2, 0.25) is 5.91 Å². The summed E-state index contributed by atoms with van der Waals surface area (Å²) in [4.78, 5) is 14.6. The van der Waals surface area contributed by atoms with E-state index in [0.717, 1.165) is 35.3 Å². The second kappa shape index (κ2) is 8.56. The van der Waals surface area contributed by atoms with E-state index in [1.54, 1.807) is 6.07 Å². The molecule has 6 heteroatoms. The van der Waals surface area contributed by atoms with E-state index in [-0.39, 0.29) is 17.5 Å². The van der Waals surface area contributed by atoms with Crippen molar-refractivity contribution in [3.05, 3.63) is 63.9 Å². The fraction of sp³-hybridized carbons (Fsp3) is 0.458. The van der Waals surface area contributed by atoms with E-state index in [2.05, 4.69) is 6.07 Å². The molecule has 0 spiro atoms. The third kappa shape index (κ3) is 4.62. The van der Waals surface area contributed by atoms with Crippen LogP contribution < -0.4 is 4.74 Å². The minimum atomic E-state index is -0.461. The Morgan fingerprint density at radius 3 is 2.67 bits per heavy atom. The molecular weight excluding hydrogens is 405 g/mol. The summed E-state index contributed by atoms with van der Waals surface area (Å²) in [7, 11) is 0. The molecule has 2 heterocycles. The van der Waals surface area contributed by atoms with Crippen molar-refractivity contribution in [1.82, 2.24) is 4.90 Å². The number of fused-ring (bicyclic) bond motifs is 1. The normalized spacial score (nSPS) is 21.4. The molecule has 0 bridgehead atoms. The maximum Gasteiger partial charge on any atom is 0.226 e. The first-order chi connectivity index (χ1) is 14.3. The number of hydrogen-bond acceptors (Lipinski definition) is 3. The highest BCUT2D eigenvalue weighted by molar-refractivity contribution is 6.30. The van der Waals surface area contributed by atoms with Crippen molar-refractivity contribution in [2.45, 2.75) is 44.6 Å². The molecule has 2 aromatic carbocycles. The van der Waals surface area contributed by atoms with Gasteiger partial charge in [-0.2, -0.15) is 0 Å². The fourth-order valence-corrected chi connectivity index (χ4v) is 4.63. The lowest BCUT2D eigenvalue weighted by Crippen LogP contribution is -2.40. The van der Waals surface area contributed by atoms with Crippen LogP contribution in [0.2, 0.25) is 5.02 Å². The monoisotopic (exact) mass is 431 g/mol. The standard InChI is InChI=1S/C24H27ClFNO3/c1-24(13-18-2-4-20(25)21(26)11-18)14-19-10-17(3-5-22(19)30-24)12-23(29)27-8-6-16(15-28)7-9-27/h2-5,10-11,16,28H,6-9,12-15H2,1H3/t24-/m0/s1. The van der Waals surface area contributed by atoms with Gasteiger partial charge in [-0.15, -0.1) is 0 Å². The van der Waals surface area contributed by atoms with Gasteiger partial charge in [-0.05, 0) is 60.6 Å². The molecule has 0 saturated carbocycles. The molecule has 0 radical (unpaired) electrons. The fourth-order valence-electron chi connectivity index (χ4n) is 4.52. The van der Waals surface area contributed by atoms with Gasteiger partial charge in [0.25, 0.3) is 0 Å². The van der Waals surface area contributed by atoms with Gasteiger partial charge in [-0.1, -0.05) is 29.8 Å². The lowest BCUT2D eigenvalue weighted by molar-refractivity contribution is -0.132. The van der Waals surface area contributed by atoms with Crippen molar-refractivity contribution >= 4 is 17.5 Å². The number of aliphatic hydroxyl groups excluding tert-OH is 1. The summed E-state index contributed by atoms with van der Waals surface area (Å²) in [5.41, 5.74) is 2.44. The van der Waals surface area contributed by atoms with Gasteiger partial charge >= 0.3 is 0 Å². The molecule has 4 rings (SSSR count). The van der Waals surface area contributed by atoms with Gasteiger partial charge < -0.3 is 14.7 Å². The number of aliphatic hydroxyl groups is 1. The van der Waals surface area contributed by atoms with Gasteiger partial charge in [0.05, 0.1) is 11.4 Å². The molecule has 0 unspecified atom stereocenters.